The summed E-state index contributed by atoms with van der Waals surface area (Å²) in [7, 11) is 0. The highest BCUT2D eigenvalue weighted by molar-refractivity contribution is 5.67. The maximum Gasteiger partial charge on any atom is 0.408 e. The van der Waals surface area contributed by atoms with Crippen LogP contribution in [0, 0.1) is 0 Å². The Morgan fingerprint density at radius 2 is 2.25 bits per heavy atom. The van der Waals surface area contributed by atoms with E-state index in [1.165, 1.54) is 0 Å². The van der Waals surface area contributed by atoms with Gasteiger partial charge in [-0.3, -0.25) is 4.98 Å². The number of nitrogens with zero attached hydrogens (tertiary/aromatic N) is 2. The van der Waals surface area contributed by atoms with Gasteiger partial charge in [0.15, 0.2) is 5.76 Å². The van der Waals surface area contributed by atoms with Gasteiger partial charge in [0.2, 0.25) is 0 Å². The predicted octanol–water partition coefficient (Wildman–Crippen LogP) is 2.76. The summed E-state index contributed by atoms with van der Waals surface area (Å²) in [6.45, 7) is 5.65. The van der Waals surface area contributed by atoms with Crippen LogP contribution in [0.1, 0.15) is 26.5 Å². The van der Waals surface area contributed by atoms with Gasteiger partial charge >= 0.3 is 6.09 Å². The van der Waals surface area contributed by atoms with Gasteiger partial charge in [0.25, 0.3) is 0 Å². The maximum atomic E-state index is 11.5. The average Bonchev–Trinajstić information content (AvgIpc) is 2.84. The molecule has 0 spiro atoms. The number of rotatable bonds is 3. The Labute approximate surface area is 117 Å². The topological polar surface area (TPSA) is 77.2 Å². The van der Waals surface area contributed by atoms with Gasteiger partial charge < -0.3 is 14.6 Å². The summed E-state index contributed by atoms with van der Waals surface area (Å²) in [4.78, 5) is 15.5. The summed E-state index contributed by atoms with van der Waals surface area (Å²) in [5, 5.41) is 6.54. The molecule has 0 aliphatic carbocycles. The smallest absolute Gasteiger partial charge is 0.408 e. The van der Waals surface area contributed by atoms with E-state index in [1.54, 1.807) is 18.5 Å². The van der Waals surface area contributed by atoms with Gasteiger partial charge in [0.05, 0.1) is 6.54 Å². The van der Waals surface area contributed by atoms with Crippen molar-refractivity contribution in [3.05, 3.63) is 36.4 Å². The minimum Gasteiger partial charge on any atom is -0.444 e. The maximum absolute atomic E-state index is 11.5. The summed E-state index contributed by atoms with van der Waals surface area (Å²) in [6, 6.07) is 5.47. The summed E-state index contributed by atoms with van der Waals surface area (Å²) < 4.78 is 10.3. The zero-order valence-corrected chi connectivity index (χ0v) is 11.7. The van der Waals surface area contributed by atoms with E-state index in [0.717, 1.165) is 5.56 Å². The van der Waals surface area contributed by atoms with Crippen molar-refractivity contribution in [3.8, 4) is 11.3 Å². The monoisotopic (exact) mass is 275 g/mol. The second kappa shape index (κ2) is 5.73. The van der Waals surface area contributed by atoms with Gasteiger partial charge in [0, 0.05) is 24.0 Å². The molecule has 106 valence electrons. The Morgan fingerprint density at radius 1 is 1.45 bits per heavy atom. The molecule has 1 amide bonds. The van der Waals surface area contributed by atoms with E-state index in [9.17, 15) is 4.79 Å². The summed E-state index contributed by atoms with van der Waals surface area (Å²) in [5.41, 5.74) is 1.02. The molecule has 0 radical (unpaired) electrons. The van der Waals surface area contributed by atoms with E-state index in [-0.39, 0.29) is 6.54 Å². The lowest BCUT2D eigenvalue weighted by atomic mass is 10.2. The van der Waals surface area contributed by atoms with Crippen molar-refractivity contribution in [1.82, 2.24) is 15.5 Å². The molecule has 6 nitrogen and oxygen atoms in total. The number of amides is 1. The predicted molar refractivity (Wildman–Crippen MR) is 72.8 cm³/mol. The lowest BCUT2D eigenvalue weighted by molar-refractivity contribution is 0.0519. The van der Waals surface area contributed by atoms with Crippen LogP contribution in [0.5, 0.6) is 0 Å². The van der Waals surface area contributed by atoms with Gasteiger partial charge in [-0.2, -0.15) is 0 Å². The van der Waals surface area contributed by atoms with Crippen LogP contribution in [0.25, 0.3) is 11.3 Å². The highest BCUT2D eigenvalue weighted by Gasteiger charge is 2.16. The van der Waals surface area contributed by atoms with Gasteiger partial charge in [0.1, 0.15) is 11.3 Å². The van der Waals surface area contributed by atoms with Gasteiger partial charge in [-0.25, -0.2) is 4.79 Å². The standard InChI is InChI=1S/C14H17N3O3/c1-14(2,3)19-13(18)16-9-11-7-12(17-20-11)10-5-4-6-15-8-10/h4-8H,9H2,1-3H3,(H,16,18). The number of nitrogens with one attached hydrogen (secondary N) is 1. The summed E-state index contributed by atoms with van der Waals surface area (Å²) in [5.74, 6) is 0.551. The lowest BCUT2D eigenvalue weighted by Crippen LogP contribution is -2.32. The van der Waals surface area contributed by atoms with Crippen molar-refractivity contribution in [2.24, 2.45) is 0 Å². The fraction of sp³-hybridized carbons (Fsp3) is 0.357. The number of hydrogen-bond acceptors (Lipinski definition) is 5. The van der Waals surface area contributed by atoms with E-state index in [4.69, 9.17) is 9.26 Å². The van der Waals surface area contributed by atoms with Crippen molar-refractivity contribution in [1.29, 1.82) is 0 Å². The fourth-order valence-electron chi connectivity index (χ4n) is 1.52. The first kappa shape index (κ1) is 14.0. The third-order valence-electron chi connectivity index (χ3n) is 2.32. The van der Waals surface area contributed by atoms with E-state index >= 15 is 0 Å². The molecule has 2 rings (SSSR count). The van der Waals surface area contributed by atoms with E-state index < -0.39 is 11.7 Å². The molecule has 0 fully saturated rings. The Bertz CT molecular complexity index is 573. The van der Waals surface area contributed by atoms with Crippen LogP contribution in [-0.2, 0) is 11.3 Å². The van der Waals surface area contributed by atoms with Crippen molar-refractivity contribution in [3.63, 3.8) is 0 Å². The lowest BCUT2D eigenvalue weighted by Gasteiger charge is -2.19. The fourth-order valence-corrected chi connectivity index (χ4v) is 1.52. The first-order valence-corrected chi connectivity index (χ1v) is 6.27. The Hall–Kier alpha value is -2.37. The highest BCUT2D eigenvalue weighted by Crippen LogP contribution is 2.17. The number of alkyl carbamates (subject to hydrolysis) is 1. The largest absolute Gasteiger partial charge is 0.444 e. The molecule has 0 aromatic carbocycles. The molecular weight excluding hydrogens is 258 g/mol. The van der Waals surface area contributed by atoms with Crippen molar-refractivity contribution < 1.29 is 14.1 Å². The first-order chi connectivity index (χ1) is 9.44. The molecule has 0 aliphatic heterocycles. The zero-order valence-electron chi connectivity index (χ0n) is 11.7. The molecule has 2 aromatic heterocycles. The minimum absolute atomic E-state index is 0.224. The van der Waals surface area contributed by atoms with Crippen LogP contribution in [0.3, 0.4) is 0 Å². The molecule has 1 N–H and O–H groups in total. The number of ether oxygens (including phenoxy) is 1. The second-order valence-corrected chi connectivity index (χ2v) is 5.28. The van der Waals surface area contributed by atoms with Gasteiger partial charge in [-0.05, 0) is 32.9 Å². The Kier molecular flexibility index (Phi) is 4.02. The van der Waals surface area contributed by atoms with Crippen molar-refractivity contribution >= 4 is 6.09 Å². The quantitative estimate of drug-likeness (QED) is 0.932. The van der Waals surface area contributed by atoms with Crippen LogP contribution < -0.4 is 5.32 Å². The normalized spacial score (nSPS) is 11.2. The first-order valence-electron chi connectivity index (χ1n) is 6.27. The molecule has 0 atom stereocenters. The highest BCUT2D eigenvalue weighted by atomic mass is 16.6. The minimum atomic E-state index is -0.521. The van der Waals surface area contributed by atoms with Crippen molar-refractivity contribution in [2.75, 3.05) is 0 Å². The van der Waals surface area contributed by atoms with Gasteiger partial charge in [-0.1, -0.05) is 5.16 Å². The Morgan fingerprint density at radius 3 is 2.90 bits per heavy atom. The Balaban J connectivity index is 1.92. The molecular formula is C14H17N3O3. The van der Waals surface area contributed by atoms with Crippen LogP contribution in [0.15, 0.2) is 35.1 Å². The molecule has 2 aromatic rings. The molecule has 0 unspecified atom stereocenters. The summed E-state index contributed by atoms with van der Waals surface area (Å²) in [6.07, 6.45) is 2.90. The van der Waals surface area contributed by atoms with E-state index in [2.05, 4.69) is 15.5 Å². The van der Waals surface area contributed by atoms with Crippen LogP contribution in [0.2, 0.25) is 0 Å². The molecule has 0 bridgehead atoms. The van der Waals surface area contributed by atoms with E-state index in [0.29, 0.717) is 11.5 Å². The number of hydrogen-bond donors (Lipinski definition) is 1. The van der Waals surface area contributed by atoms with Gasteiger partial charge in [-0.15, -0.1) is 0 Å². The van der Waals surface area contributed by atoms with Crippen molar-refractivity contribution in [2.45, 2.75) is 32.9 Å². The number of aromatic nitrogens is 2. The average molecular weight is 275 g/mol. The molecule has 2 heterocycles. The number of pyridine rings is 1. The molecule has 6 heteroatoms. The third-order valence-corrected chi connectivity index (χ3v) is 2.32. The van der Waals surface area contributed by atoms with Crippen LogP contribution >= 0.6 is 0 Å². The number of carbonyl (C=O) groups is 1. The zero-order chi connectivity index (χ0) is 14.6. The molecule has 20 heavy (non-hydrogen) atoms. The molecule has 0 aliphatic rings. The molecule has 0 saturated carbocycles. The number of carbonyl (C=O) groups excluding carboxylic acids is 1. The molecule has 0 saturated heterocycles. The van der Waals surface area contributed by atoms with Crippen LogP contribution in [-0.4, -0.2) is 21.8 Å². The second-order valence-electron chi connectivity index (χ2n) is 5.28. The van der Waals surface area contributed by atoms with E-state index in [1.807, 2.05) is 32.9 Å². The third kappa shape index (κ3) is 4.08. The van der Waals surface area contributed by atoms with Crippen LogP contribution in [0.4, 0.5) is 4.79 Å². The SMILES string of the molecule is CC(C)(C)OC(=O)NCc1cc(-c2cccnc2)no1. The summed E-state index contributed by atoms with van der Waals surface area (Å²) >= 11 is 0.